The first-order valence-electron chi connectivity index (χ1n) is 7.88. The minimum absolute atomic E-state index is 0.0105. The van der Waals surface area contributed by atoms with Crippen LogP contribution in [0.15, 0.2) is 24.3 Å². The van der Waals surface area contributed by atoms with E-state index in [2.05, 4.69) is 15.4 Å². The molecule has 1 aromatic carbocycles. The smallest absolute Gasteiger partial charge is 0.306 e. The molecule has 1 saturated heterocycles. The number of carbonyl (C=O) groups is 2. The van der Waals surface area contributed by atoms with Gasteiger partial charge in [0, 0.05) is 18.7 Å². The summed E-state index contributed by atoms with van der Waals surface area (Å²) in [6, 6.07) is 7.76. The lowest BCUT2D eigenvalue weighted by Gasteiger charge is -2.29. The third-order valence-corrected chi connectivity index (χ3v) is 4.24. The molecule has 126 valence electrons. The highest BCUT2D eigenvalue weighted by Gasteiger charge is 2.27. The van der Waals surface area contributed by atoms with Crippen LogP contribution in [-0.2, 0) is 16.1 Å². The molecule has 0 saturated carbocycles. The number of aryl methyl sites for hydroxylation is 1. The fraction of sp³-hybridized carbons (Fsp3) is 0.438. The van der Waals surface area contributed by atoms with E-state index in [9.17, 15) is 9.59 Å². The predicted octanol–water partition coefficient (Wildman–Crippen LogP) is 0.972. The van der Waals surface area contributed by atoms with Crippen molar-refractivity contribution in [2.45, 2.75) is 26.3 Å². The summed E-state index contributed by atoms with van der Waals surface area (Å²) in [5, 5.41) is 21.1. The van der Waals surface area contributed by atoms with Gasteiger partial charge in [-0.1, -0.05) is 29.8 Å². The van der Waals surface area contributed by atoms with Gasteiger partial charge in [0.1, 0.15) is 6.54 Å². The van der Waals surface area contributed by atoms with Gasteiger partial charge in [-0.3, -0.25) is 9.59 Å². The van der Waals surface area contributed by atoms with Crippen LogP contribution in [0.1, 0.15) is 18.4 Å². The number of amides is 1. The zero-order chi connectivity index (χ0) is 17.1. The van der Waals surface area contributed by atoms with Gasteiger partial charge >= 0.3 is 5.97 Å². The molecule has 1 amide bonds. The zero-order valence-corrected chi connectivity index (χ0v) is 13.4. The first kappa shape index (κ1) is 16.1. The number of aromatic nitrogens is 4. The molecule has 1 fully saturated rings. The zero-order valence-electron chi connectivity index (χ0n) is 13.4. The molecule has 2 heterocycles. The van der Waals surface area contributed by atoms with Crippen LogP contribution in [0, 0.1) is 12.8 Å². The molecule has 0 bridgehead atoms. The highest BCUT2D eigenvalue weighted by molar-refractivity contribution is 5.76. The number of carbonyl (C=O) groups excluding carboxylic acids is 1. The molecule has 0 spiro atoms. The van der Waals surface area contributed by atoms with Gasteiger partial charge in [-0.15, -0.1) is 10.2 Å². The Bertz CT molecular complexity index is 732. The Morgan fingerprint density at radius 1 is 1.21 bits per heavy atom. The molecule has 2 aromatic rings. The average molecular weight is 329 g/mol. The lowest BCUT2D eigenvalue weighted by molar-refractivity contribution is -0.146. The van der Waals surface area contributed by atoms with Gasteiger partial charge in [-0.05, 0) is 25.0 Å². The van der Waals surface area contributed by atoms with Crippen molar-refractivity contribution in [3.63, 3.8) is 0 Å². The number of carboxylic acids is 1. The molecule has 1 aliphatic rings. The standard InChI is InChI=1S/C16H19N5O3/c1-11-2-4-12(5-3-11)15-17-19-21(18-15)10-14(22)20-8-6-13(7-9-20)16(23)24/h2-5,13H,6-10H2,1H3,(H,23,24). The maximum Gasteiger partial charge on any atom is 0.306 e. The summed E-state index contributed by atoms with van der Waals surface area (Å²) in [5.41, 5.74) is 1.99. The summed E-state index contributed by atoms with van der Waals surface area (Å²) in [6.45, 7) is 2.92. The number of benzene rings is 1. The molecular weight excluding hydrogens is 310 g/mol. The normalized spacial score (nSPS) is 15.5. The van der Waals surface area contributed by atoms with E-state index in [0.29, 0.717) is 31.8 Å². The number of rotatable bonds is 4. The van der Waals surface area contributed by atoms with E-state index in [1.807, 2.05) is 31.2 Å². The fourth-order valence-electron chi connectivity index (χ4n) is 2.73. The number of nitrogens with zero attached hydrogens (tertiary/aromatic N) is 5. The molecule has 0 aliphatic carbocycles. The number of carboxylic acid groups (broad SMARTS) is 1. The lowest BCUT2D eigenvalue weighted by Crippen LogP contribution is -2.42. The van der Waals surface area contributed by atoms with Gasteiger partial charge in [-0.25, -0.2) is 0 Å². The molecule has 3 rings (SSSR count). The SMILES string of the molecule is Cc1ccc(-c2nnn(CC(=O)N3CCC(C(=O)O)CC3)n2)cc1. The Hall–Kier alpha value is -2.77. The van der Waals surface area contributed by atoms with Gasteiger partial charge in [0.15, 0.2) is 0 Å². The maximum absolute atomic E-state index is 12.3. The van der Waals surface area contributed by atoms with Crippen LogP contribution in [0.3, 0.4) is 0 Å². The molecule has 1 N–H and O–H groups in total. The van der Waals surface area contributed by atoms with Crippen LogP contribution < -0.4 is 0 Å². The average Bonchev–Trinajstić information content (AvgIpc) is 3.04. The second kappa shape index (κ2) is 6.77. The topological polar surface area (TPSA) is 101 Å². The van der Waals surface area contributed by atoms with Gasteiger partial charge in [0.25, 0.3) is 0 Å². The second-order valence-electron chi connectivity index (χ2n) is 6.00. The Balaban J connectivity index is 1.59. The van der Waals surface area contributed by atoms with Crippen molar-refractivity contribution in [2.24, 2.45) is 5.92 Å². The number of hydrogen-bond acceptors (Lipinski definition) is 5. The summed E-state index contributed by atoms with van der Waals surface area (Å²) < 4.78 is 0. The minimum Gasteiger partial charge on any atom is -0.481 e. The van der Waals surface area contributed by atoms with Crippen LogP contribution in [0.25, 0.3) is 11.4 Å². The van der Waals surface area contributed by atoms with Crippen molar-refractivity contribution in [1.29, 1.82) is 0 Å². The molecule has 8 heteroatoms. The molecule has 1 aliphatic heterocycles. The van der Waals surface area contributed by atoms with Crippen molar-refractivity contribution in [3.05, 3.63) is 29.8 Å². The minimum atomic E-state index is -0.789. The van der Waals surface area contributed by atoms with Crippen molar-refractivity contribution in [2.75, 3.05) is 13.1 Å². The van der Waals surface area contributed by atoms with Crippen LogP contribution >= 0.6 is 0 Å². The maximum atomic E-state index is 12.3. The number of tetrazole rings is 1. The second-order valence-corrected chi connectivity index (χ2v) is 6.00. The third-order valence-electron chi connectivity index (χ3n) is 4.24. The summed E-state index contributed by atoms with van der Waals surface area (Å²) in [5.74, 6) is -0.784. The van der Waals surface area contributed by atoms with E-state index in [4.69, 9.17) is 5.11 Å². The highest BCUT2D eigenvalue weighted by atomic mass is 16.4. The Morgan fingerprint density at radius 3 is 2.50 bits per heavy atom. The molecule has 8 nitrogen and oxygen atoms in total. The monoisotopic (exact) mass is 329 g/mol. The molecule has 1 aromatic heterocycles. The number of aliphatic carboxylic acids is 1. The molecular formula is C16H19N5O3. The Morgan fingerprint density at radius 2 is 1.88 bits per heavy atom. The van der Waals surface area contributed by atoms with Gasteiger partial charge in [-0.2, -0.15) is 4.80 Å². The molecule has 24 heavy (non-hydrogen) atoms. The van der Waals surface area contributed by atoms with E-state index in [1.54, 1.807) is 4.90 Å². The summed E-state index contributed by atoms with van der Waals surface area (Å²) >= 11 is 0. The molecule has 0 radical (unpaired) electrons. The predicted molar refractivity (Wildman–Crippen MR) is 84.9 cm³/mol. The largest absolute Gasteiger partial charge is 0.481 e. The first-order valence-corrected chi connectivity index (χ1v) is 7.88. The van der Waals surface area contributed by atoms with E-state index >= 15 is 0 Å². The van der Waals surface area contributed by atoms with Crippen molar-refractivity contribution < 1.29 is 14.7 Å². The lowest BCUT2D eigenvalue weighted by atomic mass is 9.97. The Labute approximate surface area is 139 Å². The van der Waals surface area contributed by atoms with Crippen LogP contribution in [0.4, 0.5) is 0 Å². The first-order chi connectivity index (χ1) is 11.5. The summed E-state index contributed by atoms with van der Waals surface area (Å²) in [4.78, 5) is 26.2. The number of likely N-dealkylation sites (tertiary alicyclic amines) is 1. The van der Waals surface area contributed by atoms with Gasteiger partial charge in [0.2, 0.25) is 11.7 Å². The van der Waals surface area contributed by atoms with E-state index in [1.165, 1.54) is 4.80 Å². The van der Waals surface area contributed by atoms with Gasteiger partial charge in [0.05, 0.1) is 5.92 Å². The Kier molecular flexibility index (Phi) is 4.54. The fourth-order valence-corrected chi connectivity index (χ4v) is 2.73. The quantitative estimate of drug-likeness (QED) is 0.897. The third kappa shape index (κ3) is 3.58. The molecule has 0 unspecified atom stereocenters. The van der Waals surface area contributed by atoms with E-state index < -0.39 is 5.97 Å². The highest BCUT2D eigenvalue weighted by Crippen LogP contribution is 2.18. The van der Waals surface area contributed by atoms with Crippen LogP contribution in [-0.4, -0.2) is 55.2 Å². The number of piperidine rings is 1. The molecule has 0 atom stereocenters. The summed E-state index contributed by atoms with van der Waals surface area (Å²) in [7, 11) is 0. The van der Waals surface area contributed by atoms with Gasteiger partial charge < -0.3 is 10.0 Å². The van der Waals surface area contributed by atoms with Crippen molar-refractivity contribution in [1.82, 2.24) is 25.1 Å². The van der Waals surface area contributed by atoms with Crippen LogP contribution in [0.2, 0.25) is 0 Å². The van der Waals surface area contributed by atoms with E-state index in [-0.39, 0.29) is 18.4 Å². The van der Waals surface area contributed by atoms with Crippen molar-refractivity contribution in [3.8, 4) is 11.4 Å². The van der Waals surface area contributed by atoms with E-state index in [0.717, 1.165) is 11.1 Å². The van der Waals surface area contributed by atoms with Crippen LogP contribution in [0.5, 0.6) is 0 Å². The number of hydrogen-bond donors (Lipinski definition) is 1. The van der Waals surface area contributed by atoms with Crippen molar-refractivity contribution >= 4 is 11.9 Å². The summed E-state index contributed by atoms with van der Waals surface area (Å²) in [6.07, 6.45) is 0.973.